The van der Waals surface area contributed by atoms with Crippen molar-refractivity contribution in [2.24, 2.45) is 5.73 Å². The first-order valence-corrected chi connectivity index (χ1v) is 7.78. The number of carbonyl (C=O) groups excluding carboxylic acids is 1. The van der Waals surface area contributed by atoms with E-state index >= 15 is 0 Å². The van der Waals surface area contributed by atoms with Gasteiger partial charge in [-0.1, -0.05) is 0 Å². The first kappa shape index (κ1) is 15.4. The highest BCUT2D eigenvalue weighted by Crippen LogP contribution is 2.18. The molecule has 0 bridgehead atoms. The summed E-state index contributed by atoms with van der Waals surface area (Å²) in [6.45, 7) is 2.19. The van der Waals surface area contributed by atoms with Gasteiger partial charge >= 0.3 is 5.97 Å². The van der Waals surface area contributed by atoms with Crippen molar-refractivity contribution in [2.45, 2.75) is 31.3 Å². The van der Waals surface area contributed by atoms with Gasteiger partial charge in [-0.05, 0) is 26.8 Å². The van der Waals surface area contributed by atoms with Crippen LogP contribution in [0.5, 0.6) is 0 Å². The predicted molar refractivity (Wildman–Crippen MR) is 68.9 cm³/mol. The maximum absolute atomic E-state index is 11.4. The molecule has 1 fully saturated rings. The fourth-order valence-corrected chi connectivity index (χ4v) is 3.85. The van der Waals surface area contributed by atoms with Gasteiger partial charge in [-0.3, -0.25) is 4.79 Å². The number of methoxy groups -OCH3 is 1. The van der Waals surface area contributed by atoms with E-state index in [2.05, 4.69) is 4.74 Å². The van der Waals surface area contributed by atoms with Crippen LogP contribution in [0.25, 0.3) is 0 Å². The standard InChI is InChI=1S/C11H22N2O4S/c1-11(12,10(14)17-3)5-6-13(2)9-4-7-18(15,16)8-9/h9H,4-8,12H2,1-3H3. The molecule has 2 atom stereocenters. The number of nitrogens with zero attached hydrogens (tertiary/aromatic N) is 1. The van der Waals surface area contributed by atoms with Crippen molar-refractivity contribution in [3.8, 4) is 0 Å². The zero-order valence-electron chi connectivity index (χ0n) is 11.2. The highest BCUT2D eigenvalue weighted by molar-refractivity contribution is 7.91. The van der Waals surface area contributed by atoms with Crippen molar-refractivity contribution < 1.29 is 17.9 Å². The number of esters is 1. The lowest BCUT2D eigenvalue weighted by Crippen LogP contribution is -2.48. The third-order valence-corrected chi connectivity index (χ3v) is 5.22. The van der Waals surface area contributed by atoms with E-state index in [1.54, 1.807) is 6.92 Å². The molecule has 0 aromatic heterocycles. The number of hydrogen-bond acceptors (Lipinski definition) is 6. The maximum Gasteiger partial charge on any atom is 0.325 e. The summed E-state index contributed by atoms with van der Waals surface area (Å²) in [5.41, 5.74) is 4.82. The van der Waals surface area contributed by atoms with Crippen LogP contribution in [-0.2, 0) is 19.4 Å². The second-order valence-corrected chi connectivity index (χ2v) is 7.43. The maximum atomic E-state index is 11.4. The van der Waals surface area contributed by atoms with Gasteiger partial charge in [-0.15, -0.1) is 0 Å². The highest BCUT2D eigenvalue weighted by Gasteiger charge is 2.33. The van der Waals surface area contributed by atoms with E-state index in [1.807, 2.05) is 11.9 Å². The minimum Gasteiger partial charge on any atom is -0.468 e. The second-order valence-electron chi connectivity index (χ2n) is 5.20. The van der Waals surface area contributed by atoms with E-state index in [9.17, 15) is 13.2 Å². The van der Waals surface area contributed by atoms with Gasteiger partial charge in [0.1, 0.15) is 5.54 Å². The first-order valence-electron chi connectivity index (χ1n) is 5.96. The van der Waals surface area contributed by atoms with Gasteiger partial charge < -0.3 is 15.4 Å². The van der Waals surface area contributed by atoms with Crippen LogP contribution in [-0.4, -0.2) is 63.1 Å². The minimum absolute atomic E-state index is 0.0310. The molecule has 1 aliphatic rings. The molecule has 106 valence electrons. The average molecular weight is 278 g/mol. The van der Waals surface area contributed by atoms with Crippen LogP contribution in [0.3, 0.4) is 0 Å². The van der Waals surface area contributed by atoms with E-state index in [4.69, 9.17) is 5.73 Å². The lowest BCUT2D eigenvalue weighted by atomic mass is 9.99. The van der Waals surface area contributed by atoms with Gasteiger partial charge in [0.05, 0.1) is 18.6 Å². The van der Waals surface area contributed by atoms with Gasteiger partial charge in [0, 0.05) is 12.6 Å². The molecule has 6 nitrogen and oxygen atoms in total. The third-order valence-electron chi connectivity index (χ3n) is 3.47. The van der Waals surface area contributed by atoms with Gasteiger partial charge in [-0.25, -0.2) is 8.42 Å². The molecule has 0 aliphatic carbocycles. The topological polar surface area (TPSA) is 89.7 Å². The summed E-state index contributed by atoms with van der Waals surface area (Å²) in [6.07, 6.45) is 1.09. The molecule has 0 saturated carbocycles. The van der Waals surface area contributed by atoms with Gasteiger partial charge in [-0.2, -0.15) is 0 Å². The number of carbonyl (C=O) groups is 1. The summed E-state index contributed by atoms with van der Waals surface area (Å²) in [7, 11) is 0.286. The Morgan fingerprint density at radius 1 is 1.56 bits per heavy atom. The molecule has 1 rings (SSSR count). The molecular weight excluding hydrogens is 256 g/mol. The van der Waals surface area contributed by atoms with Crippen molar-refractivity contribution in [1.29, 1.82) is 0 Å². The summed E-state index contributed by atoms with van der Waals surface area (Å²) in [5.74, 6) is -0.00279. The monoisotopic (exact) mass is 278 g/mol. The largest absolute Gasteiger partial charge is 0.468 e. The zero-order chi connectivity index (χ0) is 14.0. The van der Waals surface area contributed by atoms with Crippen molar-refractivity contribution >= 4 is 15.8 Å². The molecule has 0 spiro atoms. The SMILES string of the molecule is COC(=O)C(C)(N)CCN(C)C1CCS(=O)(=O)C1. The van der Waals surface area contributed by atoms with E-state index in [0.29, 0.717) is 19.4 Å². The quantitative estimate of drug-likeness (QED) is 0.675. The normalized spacial score (nSPS) is 25.9. The van der Waals surface area contributed by atoms with E-state index in [1.165, 1.54) is 7.11 Å². The predicted octanol–water partition coefficient (Wildman–Crippen LogP) is -0.614. The van der Waals surface area contributed by atoms with E-state index < -0.39 is 21.3 Å². The van der Waals surface area contributed by atoms with Crippen LogP contribution in [0.4, 0.5) is 0 Å². The summed E-state index contributed by atoms with van der Waals surface area (Å²) in [6, 6.07) is 0.0310. The lowest BCUT2D eigenvalue weighted by Gasteiger charge is -2.28. The molecular formula is C11H22N2O4S. The third kappa shape index (κ3) is 3.93. The first-order chi connectivity index (χ1) is 8.18. The summed E-state index contributed by atoms with van der Waals surface area (Å²) < 4.78 is 27.4. The highest BCUT2D eigenvalue weighted by atomic mass is 32.2. The van der Waals surface area contributed by atoms with Crippen molar-refractivity contribution in [3.05, 3.63) is 0 Å². The summed E-state index contributed by atoms with van der Waals surface area (Å²) >= 11 is 0. The van der Waals surface area contributed by atoms with Crippen LogP contribution in [0.1, 0.15) is 19.8 Å². The van der Waals surface area contributed by atoms with Crippen LogP contribution < -0.4 is 5.73 Å². The Balaban J connectivity index is 2.47. The molecule has 7 heteroatoms. The smallest absolute Gasteiger partial charge is 0.325 e. The van der Waals surface area contributed by atoms with Crippen LogP contribution in [0.15, 0.2) is 0 Å². The van der Waals surface area contributed by atoms with E-state index in [-0.39, 0.29) is 17.5 Å². The number of sulfone groups is 1. The van der Waals surface area contributed by atoms with Crippen LogP contribution >= 0.6 is 0 Å². The molecule has 0 aromatic rings. The van der Waals surface area contributed by atoms with Crippen LogP contribution in [0, 0.1) is 0 Å². The number of hydrogen-bond donors (Lipinski definition) is 1. The molecule has 0 radical (unpaired) electrons. The fraction of sp³-hybridized carbons (Fsp3) is 0.909. The minimum atomic E-state index is -2.88. The van der Waals surface area contributed by atoms with Crippen molar-refractivity contribution in [3.63, 3.8) is 0 Å². The molecule has 18 heavy (non-hydrogen) atoms. The molecule has 0 aromatic carbocycles. The molecule has 2 unspecified atom stereocenters. The van der Waals surface area contributed by atoms with Gasteiger partial charge in [0.15, 0.2) is 9.84 Å². The van der Waals surface area contributed by atoms with E-state index in [0.717, 1.165) is 0 Å². The number of rotatable bonds is 5. The Morgan fingerprint density at radius 3 is 2.61 bits per heavy atom. The second kappa shape index (κ2) is 5.54. The molecule has 1 aliphatic heterocycles. The molecule has 2 N–H and O–H groups in total. The average Bonchev–Trinajstić information content (AvgIpc) is 2.65. The Labute approximate surface area is 108 Å². The van der Waals surface area contributed by atoms with Crippen LogP contribution in [0.2, 0.25) is 0 Å². The summed E-state index contributed by atoms with van der Waals surface area (Å²) in [5, 5.41) is 0. The molecule has 1 saturated heterocycles. The lowest BCUT2D eigenvalue weighted by molar-refractivity contribution is -0.146. The molecule has 0 amide bonds. The Morgan fingerprint density at radius 2 is 2.17 bits per heavy atom. The molecule has 1 heterocycles. The summed E-state index contributed by atoms with van der Waals surface area (Å²) in [4.78, 5) is 13.4. The van der Waals surface area contributed by atoms with Crippen molar-refractivity contribution in [1.82, 2.24) is 4.90 Å². The zero-order valence-corrected chi connectivity index (χ0v) is 12.0. The van der Waals surface area contributed by atoms with Gasteiger partial charge in [0.25, 0.3) is 0 Å². The Hall–Kier alpha value is -0.660. The Bertz CT molecular complexity index is 405. The van der Waals surface area contributed by atoms with Gasteiger partial charge in [0.2, 0.25) is 0 Å². The Kier molecular flexibility index (Phi) is 4.74. The number of nitrogens with two attached hydrogens (primary N) is 1. The number of ether oxygens (including phenoxy) is 1. The van der Waals surface area contributed by atoms with Crippen molar-refractivity contribution in [2.75, 3.05) is 32.2 Å². The fourth-order valence-electron chi connectivity index (χ4n) is 2.05.